The van der Waals surface area contributed by atoms with Gasteiger partial charge in [-0.1, -0.05) is 36.4 Å². The predicted octanol–water partition coefficient (Wildman–Crippen LogP) is 2.87. The van der Waals surface area contributed by atoms with E-state index in [1.807, 2.05) is 55.5 Å². The number of rotatable bonds is 6. The molecule has 0 unspecified atom stereocenters. The lowest BCUT2D eigenvalue weighted by Crippen LogP contribution is -2.33. The Bertz CT molecular complexity index is 860. The lowest BCUT2D eigenvalue weighted by atomic mass is 9.96. The highest BCUT2D eigenvalue weighted by Gasteiger charge is 2.52. The summed E-state index contributed by atoms with van der Waals surface area (Å²) in [7, 11) is 0. The van der Waals surface area contributed by atoms with Gasteiger partial charge >= 0.3 is 5.97 Å². The molecule has 1 amide bonds. The van der Waals surface area contributed by atoms with Crippen molar-refractivity contribution >= 4 is 11.9 Å². The van der Waals surface area contributed by atoms with Crippen LogP contribution >= 0.6 is 0 Å². The van der Waals surface area contributed by atoms with Crippen LogP contribution in [-0.2, 0) is 19.7 Å². The lowest BCUT2D eigenvalue weighted by Gasteiger charge is -2.17. The maximum Gasteiger partial charge on any atom is 0.317 e. The van der Waals surface area contributed by atoms with Crippen LogP contribution in [0, 0.1) is 0 Å². The molecule has 1 saturated carbocycles. The van der Waals surface area contributed by atoms with Crippen LogP contribution in [0.2, 0.25) is 0 Å². The van der Waals surface area contributed by atoms with E-state index in [0.717, 1.165) is 24.0 Å². The fourth-order valence-corrected chi connectivity index (χ4v) is 3.31. The number of ether oxygens (including phenoxy) is 3. The third-order valence-corrected chi connectivity index (χ3v) is 5.08. The molecule has 1 heterocycles. The van der Waals surface area contributed by atoms with E-state index in [9.17, 15) is 9.59 Å². The summed E-state index contributed by atoms with van der Waals surface area (Å²) in [6, 6.07) is 14.9. The van der Waals surface area contributed by atoms with Crippen molar-refractivity contribution in [1.29, 1.82) is 0 Å². The molecule has 0 radical (unpaired) electrons. The van der Waals surface area contributed by atoms with Gasteiger partial charge in [-0.3, -0.25) is 9.59 Å². The van der Waals surface area contributed by atoms with Crippen molar-refractivity contribution in [3.8, 4) is 11.5 Å². The first-order valence-electron chi connectivity index (χ1n) is 9.00. The summed E-state index contributed by atoms with van der Waals surface area (Å²) in [5.41, 5.74) is 1.26. The van der Waals surface area contributed by atoms with Crippen LogP contribution in [0.3, 0.4) is 0 Å². The summed E-state index contributed by atoms with van der Waals surface area (Å²) in [4.78, 5) is 24.7. The molecular formula is C21H21NO5. The van der Waals surface area contributed by atoms with E-state index in [4.69, 9.17) is 14.2 Å². The summed E-state index contributed by atoms with van der Waals surface area (Å²) >= 11 is 0. The molecule has 1 N–H and O–H groups in total. The van der Waals surface area contributed by atoms with Crippen molar-refractivity contribution in [3.63, 3.8) is 0 Å². The first-order valence-corrected chi connectivity index (χ1v) is 9.00. The molecule has 2 aliphatic rings. The van der Waals surface area contributed by atoms with Gasteiger partial charge in [-0.15, -0.1) is 0 Å². The number of benzene rings is 2. The van der Waals surface area contributed by atoms with E-state index >= 15 is 0 Å². The van der Waals surface area contributed by atoms with E-state index in [-0.39, 0.29) is 31.3 Å². The summed E-state index contributed by atoms with van der Waals surface area (Å²) in [6.07, 6.45) is 1.51. The summed E-state index contributed by atoms with van der Waals surface area (Å²) in [6.45, 7) is 1.78. The monoisotopic (exact) mass is 367 g/mol. The fourth-order valence-electron chi connectivity index (χ4n) is 3.31. The minimum atomic E-state index is -0.579. The Hall–Kier alpha value is -3.02. The topological polar surface area (TPSA) is 73.9 Å². The van der Waals surface area contributed by atoms with Crippen LogP contribution in [0.15, 0.2) is 48.5 Å². The first kappa shape index (κ1) is 17.4. The molecule has 2 aromatic carbocycles. The van der Waals surface area contributed by atoms with Crippen molar-refractivity contribution in [2.75, 3.05) is 13.4 Å². The normalized spacial score (nSPS) is 17.1. The Morgan fingerprint density at radius 1 is 1.11 bits per heavy atom. The Morgan fingerprint density at radius 3 is 2.59 bits per heavy atom. The Balaban J connectivity index is 1.31. The fraction of sp³-hybridized carbons (Fsp3) is 0.333. The first-order chi connectivity index (χ1) is 13.1. The molecule has 2 aromatic rings. The Labute approximate surface area is 157 Å². The molecule has 6 heteroatoms. The molecule has 0 saturated heterocycles. The highest BCUT2D eigenvalue weighted by molar-refractivity contribution is 5.89. The van der Waals surface area contributed by atoms with Gasteiger partial charge in [0.1, 0.15) is 0 Å². The van der Waals surface area contributed by atoms with Gasteiger partial charge < -0.3 is 19.5 Å². The van der Waals surface area contributed by atoms with Gasteiger partial charge in [0.25, 0.3) is 5.91 Å². The summed E-state index contributed by atoms with van der Waals surface area (Å²) in [5.74, 6) is 0.692. The number of hydrogen-bond donors (Lipinski definition) is 1. The van der Waals surface area contributed by atoms with Gasteiger partial charge in [-0.05, 0) is 43.0 Å². The standard InChI is InChI=1S/C21H21NO5/c1-14(15-7-8-17-18(11-15)27-13-26-17)22-19(23)12-25-20(24)21(9-10-21)16-5-3-2-4-6-16/h2-8,11,14H,9-10,12-13H2,1H3,(H,22,23)/t14-/m0/s1. The Kier molecular flexibility index (Phi) is 4.48. The number of fused-ring (bicyclic) bond motifs is 1. The van der Waals surface area contributed by atoms with Crippen molar-refractivity contribution in [2.45, 2.75) is 31.2 Å². The second kappa shape index (κ2) is 6.95. The average molecular weight is 367 g/mol. The van der Waals surface area contributed by atoms with Gasteiger partial charge in [-0.2, -0.15) is 0 Å². The largest absolute Gasteiger partial charge is 0.455 e. The third kappa shape index (κ3) is 3.47. The second-order valence-electron chi connectivity index (χ2n) is 6.93. The second-order valence-corrected chi connectivity index (χ2v) is 6.93. The number of nitrogens with one attached hydrogen (secondary N) is 1. The van der Waals surface area contributed by atoms with E-state index < -0.39 is 5.41 Å². The van der Waals surface area contributed by atoms with Gasteiger partial charge in [0.2, 0.25) is 6.79 Å². The summed E-state index contributed by atoms with van der Waals surface area (Å²) in [5, 5.41) is 2.84. The van der Waals surface area contributed by atoms with E-state index in [1.165, 1.54) is 0 Å². The number of hydrogen-bond acceptors (Lipinski definition) is 5. The molecule has 1 aliphatic heterocycles. The zero-order valence-corrected chi connectivity index (χ0v) is 15.1. The maximum atomic E-state index is 12.5. The van der Waals surface area contributed by atoms with Gasteiger partial charge in [0, 0.05) is 0 Å². The van der Waals surface area contributed by atoms with Crippen molar-refractivity contribution in [2.24, 2.45) is 0 Å². The number of amides is 1. The lowest BCUT2D eigenvalue weighted by molar-refractivity contribution is -0.151. The maximum absolute atomic E-state index is 12.5. The minimum absolute atomic E-state index is 0.207. The van der Waals surface area contributed by atoms with E-state index in [1.54, 1.807) is 0 Å². The van der Waals surface area contributed by atoms with Crippen molar-refractivity contribution in [3.05, 3.63) is 59.7 Å². The van der Waals surface area contributed by atoms with Gasteiger partial charge in [0.15, 0.2) is 18.1 Å². The Morgan fingerprint density at radius 2 is 1.85 bits per heavy atom. The molecular weight excluding hydrogens is 346 g/mol. The van der Waals surface area contributed by atoms with Gasteiger partial charge in [-0.25, -0.2) is 0 Å². The van der Waals surface area contributed by atoms with E-state index in [2.05, 4.69) is 5.32 Å². The smallest absolute Gasteiger partial charge is 0.317 e. The molecule has 27 heavy (non-hydrogen) atoms. The van der Waals surface area contributed by atoms with Crippen LogP contribution in [0.25, 0.3) is 0 Å². The van der Waals surface area contributed by atoms with Crippen molar-refractivity contribution < 1.29 is 23.8 Å². The predicted molar refractivity (Wildman–Crippen MR) is 97.4 cm³/mol. The molecule has 0 bridgehead atoms. The third-order valence-electron chi connectivity index (χ3n) is 5.08. The molecule has 1 atom stereocenters. The van der Waals surface area contributed by atoms with Crippen LogP contribution in [0.1, 0.15) is 36.9 Å². The molecule has 1 aliphatic carbocycles. The number of esters is 1. The summed E-state index contributed by atoms with van der Waals surface area (Å²) < 4.78 is 15.9. The molecule has 140 valence electrons. The SMILES string of the molecule is C[C@H](NC(=O)COC(=O)C1(c2ccccc2)CC1)c1ccc2c(c1)OCO2. The van der Waals surface area contributed by atoms with Crippen LogP contribution in [-0.4, -0.2) is 25.3 Å². The molecule has 0 aromatic heterocycles. The zero-order chi connectivity index (χ0) is 18.9. The molecule has 0 spiro atoms. The van der Waals surface area contributed by atoms with Crippen molar-refractivity contribution in [1.82, 2.24) is 5.32 Å². The molecule has 4 rings (SSSR count). The minimum Gasteiger partial charge on any atom is -0.455 e. The van der Waals surface area contributed by atoms with E-state index in [0.29, 0.717) is 11.5 Å². The highest BCUT2D eigenvalue weighted by atomic mass is 16.7. The number of carbonyl (C=O) groups excluding carboxylic acids is 2. The number of carbonyl (C=O) groups is 2. The highest BCUT2D eigenvalue weighted by Crippen LogP contribution is 2.49. The zero-order valence-electron chi connectivity index (χ0n) is 15.1. The molecule has 1 fully saturated rings. The molecule has 6 nitrogen and oxygen atoms in total. The van der Waals surface area contributed by atoms with Gasteiger partial charge in [0.05, 0.1) is 11.5 Å². The average Bonchev–Trinajstić information content (AvgIpc) is 3.37. The quantitative estimate of drug-likeness (QED) is 0.795. The van der Waals surface area contributed by atoms with Crippen LogP contribution in [0.5, 0.6) is 11.5 Å². The van der Waals surface area contributed by atoms with Crippen LogP contribution < -0.4 is 14.8 Å². The van der Waals surface area contributed by atoms with Crippen LogP contribution in [0.4, 0.5) is 0 Å².